The summed E-state index contributed by atoms with van der Waals surface area (Å²) in [6.45, 7) is 12.5. The predicted octanol–water partition coefficient (Wildman–Crippen LogP) is 7.26. The third-order valence-electron chi connectivity index (χ3n) is 5.34. The van der Waals surface area contributed by atoms with Gasteiger partial charge in [0, 0.05) is 5.56 Å². The van der Waals surface area contributed by atoms with E-state index in [4.69, 9.17) is 9.47 Å². The van der Waals surface area contributed by atoms with Crippen molar-refractivity contribution in [2.24, 2.45) is 0 Å². The SMILES string of the molecule is CC(C)(C)c1cc(Oc2cccc(C(=O)O)c2)c(Oc2cccc(C(=O)O)c2)c(C(C)(C)C)c1. The van der Waals surface area contributed by atoms with Crippen LogP contribution < -0.4 is 9.47 Å². The summed E-state index contributed by atoms with van der Waals surface area (Å²) in [6.07, 6.45) is 0. The number of hydrogen-bond acceptors (Lipinski definition) is 4. The zero-order valence-corrected chi connectivity index (χ0v) is 20.3. The lowest BCUT2D eigenvalue weighted by molar-refractivity contribution is 0.0685. The van der Waals surface area contributed by atoms with E-state index in [0.29, 0.717) is 23.0 Å². The molecule has 0 aliphatic heterocycles. The van der Waals surface area contributed by atoms with Crippen LogP contribution in [0.2, 0.25) is 0 Å². The Morgan fingerprint density at radius 1 is 0.676 bits per heavy atom. The highest BCUT2D eigenvalue weighted by Gasteiger charge is 2.28. The van der Waals surface area contributed by atoms with Crippen molar-refractivity contribution in [3.05, 3.63) is 82.9 Å². The first-order valence-electron chi connectivity index (χ1n) is 11.0. The monoisotopic (exact) mass is 462 g/mol. The molecule has 0 aliphatic rings. The maximum atomic E-state index is 11.5. The van der Waals surface area contributed by atoms with Gasteiger partial charge in [0.05, 0.1) is 11.1 Å². The summed E-state index contributed by atoms with van der Waals surface area (Å²) in [4.78, 5) is 22.9. The maximum Gasteiger partial charge on any atom is 0.335 e. The summed E-state index contributed by atoms with van der Waals surface area (Å²) in [6, 6.07) is 16.5. The van der Waals surface area contributed by atoms with Gasteiger partial charge in [-0.25, -0.2) is 9.59 Å². The molecule has 2 N–H and O–H groups in total. The quantitative estimate of drug-likeness (QED) is 0.400. The Morgan fingerprint density at radius 3 is 1.62 bits per heavy atom. The second-order valence-electron chi connectivity index (χ2n) is 10.2. The summed E-state index contributed by atoms with van der Waals surface area (Å²) in [7, 11) is 0. The molecule has 178 valence electrons. The van der Waals surface area contributed by atoms with Gasteiger partial charge in [0.15, 0.2) is 11.5 Å². The van der Waals surface area contributed by atoms with Crippen LogP contribution in [0.25, 0.3) is 0 Å². The van der Waals surface area contributed by atoms with Gasteiger partial charge >= 0.3 is 11.9 Å². The van der Waals surface area contributed by atoms with Crippen LogP contribution in [-0.4, -0.2) is 22.2 Å². The molecule has 3 aromatic rings. The Kier molecular flexibility index (Phi) is 6.73. The van der Waals surface area contributed by atoms with E-state index >= 15 is 0 Å². The van der Waals surface area contributed by atoms with Crippen LogP contribution in [0.5, 0.6) is 23.0 Å². The molecule has 0 aliphatic carbocycles. The molecule has 0 atom stereocenters. The normalized spacial score (nSPS) is 11.7. The van der Waals surface area contributed by atoms with Gasteiger partial charge in [-0.05, 0) is 58.9 Å². The number of carboxylic acid groups (broad SMARTS) is 2. The van der Waals surface area contributed by atoms with Crippen LogP contribution in [-0.2, 0) is 10.8 Å². The molecule has 6 heteroatoms. The van der Waals surface area contributed by atoms with Gasteiger partial charge < -0.3 is 19.7 Å². The minimum atomic E-state index is -1.05. The molecule has 0 amide bonds. The third-order valence-corrected chi connectivity index (χ3v) is 5.34. The molecule has 3 aromatic carbocycles. The molecule has 0 aromatic heterocycles. The van der Waals surface area contributed by atoms with E-state index in [2.05, 4.69) is 47.6 Å². The molecular formula is C28H30O6. The van der Waals surface area contributed by atoms with Crippen molar-refractivity contribution in [3.8, 4) is 23.0 Å². The van der Waals surface area contributed by atoms with E-state index in [1.54, 1.807) is 24.3 Å². The maximum absolute atomic E-state index is 11.5. The fourth-order valence-corrected chi connectivity index (χ4v) is 3.40. The van der Waals surface area contributed by atoms with Crippen LogP contribution in [0.4, 0.5) is 0 Å². The second-order valence-corrected chi connectivity index (χ2v) is 10.2. The lowest BCUT2D eigenvalue weighted by Gasteiger charge is -2.29. The number of ether oxygens (including phenoxy) is 2. The van der Waals surface area contributed by atoms with E-state index in [-0.39, 0.29) is 22.0 Å². The topological polar surface area (TPSA) is 93.1 Å². The molecule has 0 radical (unpaired) electrons. The Labute approximate surface area is 199 Å². The predicted molar refractivity (Wildman–Crippen MR) is 131 cm³/mol. The average Bonchev–Trinajstić information content (AvgIpc) is 2.73. The molecule has 0 spiro atoms. The van der Waals surface area contributed by atoms with Gasteiger partial charge in [0.25, 0.3) is 0 Å². The van der Waals surface area contributed by atoms with Crippen LogP contribution in [0, 0.1) is 0 Å². The van der Waals surface area contributed by atoms with Gasteiger partial charge in [-0.1, -0.05) is 59.7 Å². The minimum absolute atomic E-state index is 0.108. The first kappa shape index (κ1) is 24.8. The Hall–Kier alpha value is -3.80. The molecule has 0 saturated carbocycles. The van der Waals surface area contributed by atoms with Gasteiger partial charge in [0.2, 0.25) is 0 Å². The van der Waals surface area contributed by atoms with Crippen LogP contribution in [0.3, 0.4) is 0 Å². The van der Waals surface area contributed by atoms with Crippen molar-refractivity contribution >= 4 is 11.9 Å². The van der Waals surface area contributed by atoms with Crippen molar-refractivity contribution < 1.29 is 29.3 Å². The van der Waals surface area contributed by atoms with E-state index < -0.39 is 11.9 Å². The van der Waals surface area contributed by atoms with Crippen molar-refractivity contribution in [1.82, 2.24) is 0 Å². The van der Waals surface area contributed by atoms with Crippen LogP contribution in [0.15, 0.2) is 60.7 Å². The van der Waals surface area contributed by atoms with E-state index in [1.165, 1.54) is 24.3 Å². The number of hydrogen-bond donors (Lipinski definition) is 2. The molecule has 0 fully saturated rings. The standard InChI is InChI=1S/C28H30O6/c1-27(2,3)19-15-22(28(4,5)6)24(34-21-12-8-10-18(14-21)26(31)32)23(16-19)33-20-11-7-9-17(13-20)25(29)30/h7-16H,1-6H3,(H,29,30)(H,31,32). The zero-order valence-electron chi connectivity index (χ0n) is 20.3. The highest BCUT2D eigenvalue weighted by Crippen LogP contribution is 2.45. The third kappa shape index (κ3) is 5.76. The molecule has 0 unspecified atom stereocenters. The molecule has 0 saturated heterocycles. The van der Waals surface area contributed by atoms with Crippen molar-refractivity contribution in [2.45, 2.75) is 52.4 Å². The molecular weight excluding hydrogens is 432 g/mol. The lowest BCUT2D eigenvalue weighted by atomic mass is 9.80. The molecule has 34 heavy (non-hydrogen) atoms. The Morgan fingerprint density at radius 2 is 1.18 bits per heavy atom. The van der Waals surface area contributed by atoms with Crippen LogP contribution in [0.1, 0.15) is 73.4 Å². The Bertz CT molecular complexity index is 1230. The largest absolute Gasteiger partial charge is 0.478 e. The summed E-state index contributed by atoms with van der Waals surface area (Å²) in [5, 5.41) is 18.7. The van der Waals surface area contributed by atoms with Gasteiger partial charge in [-0.3, -0.25) is 0 Å². The van der Waals surface area contributed by atoms with Crippen molar-refractivity contribution in [1.29, 1.82) is 0 Å². The lowest BCUT2D eigenvalue weighted by Crippen LogP contribution is -2.18. The van der Waals surface area contributed by atoms with Crippen molar-refractivity contribution in [3.63, 3.8) is 0 Å². The zero-order chi connectivity index (χ0) is 25.3. The molecule has 3 rings (SSSR count). The summed E-state index contributed by atoms with van der Waals surface area (Å²) >= 11 is 0. The summed E-state index contributed by atoms with van der Waals surface area (Å²) in [5.41, 5.74) is 1.60. The number of aromatic carboxylic acids is 2. The van der Waals surface area contributed by atoms with E-state index in [1.807, 2.05) is 6.07 Å². The summed E-state index contributed by atoms with van der Waals surface area (Å²) in [5.74, 6) is -0.518. The number of carboxylic acids is 2. The second kappa shape index (κ2) is 9.21. The first-order chi connectivity index (χ1) is 15.8. The molecule has 6 nitrogen and oxygen atoms in total. The highest BCUT2D eigenvalue weighted by atomic mass is 16.5. The molecule has 0 heterocycles. The highest BCUT2D eigenvalue weighted by molar-refractivity contribution is 5.88. The molecule has 0 bridgehead atoms. The van der Waals surface area contributed by atoms with E-state index in [0.717, 1.165) is 11.1 Å². The van der Waals surface area contributed by atoms with E-state index in [9.17, 15) is 19.8 Å². The van der Waals surface area contributed by atoms with Gasteiger partial charge in [-0.15, -0.1) is 0 Å². The van der Waals surface area contributed by atoms with Crippen molar-refractivity contribution in [2.75, 3.05) is 0 Å². The van der Waals surface area contributed by atoms with Gasteiger partial charge in [0.1, 0.15) is 11.5 Å². The summed E-state index contributed by atoms with van der Waals surface area (Å²) < 4.78 is 12.5. The smallest absolute Gasteiger partial charge is 0.335 e. The Balaban J connectivity index is 2.22. The van der Waals surface area contributed by atoms with Gasteiger partial charge in [-0.2, -0.15) is 0 Å². The van der Waals surface area contributed by atoms with Crippen LogP contribution >= 0.6 is 0 Å². The number of benzene rings is 3. The minimum Gasteiger partial charge on any atom is -0.478 e. The fraction of sp³-hybridized carbons (Fsp3) is 0.286. The number of carbonyl (C=O) groups is 2. The number of rotatable bonds is 6. The average molecular weight is 463 g/mol. The first-order valence-corrected chi connectivity index (χ1v) is 11.0. The fourth-order valence-electron chi connectivity index (χ4n) is 3.40.